The smallest absolute Gasteiger partial charge is 0.228 e. The van der Waals surface area contributed by atoms with Gasteiger partial charge in [-0.3, -0.25) is 9.59 Å². The van der Waals surface area contributed by atoms with Crippen LogP contribution in [-0.4, -0.2) is 49.4 Å². The molecule has 0 aromatic heterocycles. The molecule has 2 aliphatic heterocycles. The summed E-state index contributed by atoms with van der Waals surface area (Å²) in [6, 6.07) is 13.8. The van der Waals surface area contributed by atoms with E-state index in [-0.39, 0.29) is 30.5 Å². The number of halogens is 2. The SMILES string of the molecule is O=C([C@H]1CC(=O)N(c2ccccc2F)C1)N1CCN(c2cccc(Cl)c2)CC1. The minimum absolute atomic E-state index is 0.0297. The molecule has 0 unspecified atom stereocenters. The molecule has 0 N–H and O–H groups in total. The van der Waals surface area contributed by atoms with E-state index >= 15 is 0 Å². The van der Waals surface area contributed by atoms with Crippen molar-refractivity contribution in [2.24, 2.45) is 5.92 Å². The quantitative estimate of drug-likeness (QED) is 0.793. The number of benzene rings is 2. The third kappa shape index (κ3) is 3.69. The summed E-state index contributed by atoms with van der Waals surface area (Å²) in [5.41, 5.74) is 1.29. The number of hydrogen-bond donors (Lipinski definition) is 0. The topological polar surface area (TPSA) is 43.9 Å². The van der Waals surface area contributed by atoms with E-state index < -0.39 is 11.7 Å². The van der Waals surface area contributed by atoms with Gasteiger partial charge in [0.2, 0.25) is 11.8 Å². The van der Waals surface area contributed by atoms with Crippen LogP contribution in [0, 0.1) is 11.7 Å². The molecule has 0 spiro atoms. The highest BCUT2D eigenvalue weighted by molar-refractivity contribution is 6.30. The maximum atomic E-state index is 14.0. The first kappa shape index (κ1) is 18.7. The highest BCUT2D eigenvalue weighted by Gasteiger charge is 2.38. The number of para-hydroxylation sites is 1. The van der Waals surface area contributed by atoms with Crippen LogP contribution in [0.5, 0.6) is 0 Å². The summed E-state index contributed by atoms with van der Waals surface area (Å²) in [4.78, 5) is 30.7. The van der Waals surface area contributed by atoms with E-state index in [0.29, 0.717) is 31.2 Å². The number of carbonyl (C=O) groups is 2. The second kappa shape index (κ2) is 7.80. The van der Waals surface area contributed by atoms with Crippen LogP contribution in [0.4, 0.5) is 15.8 Å². The van der Waals surface area contributed by atoms with Crippen LogP contribution < -0.4 is 9.80 Å². The Bertz CT molecular complexity index is 899. The summed E-state index contributed by atoms with van der Waals surface area (Å²) in [6.07, 6.45) is 0.127. The predicted molar refractivity (Wildman–Crippen MR) is 107 cm³/mol. The summed E-state index contributed by atoms with van der Waals surface area (Å²) in [5, 5.41) is 0.689. The van der Waals surface area contributed by atoms with Gasteiger partial charge in [0.25, 0.3) is 0 Å². The average Bonchev–Trinajstić information content (AvgIpc) is 3.09. The lowest BCUT2D eigenvalue weighted by Gasteiger charge is -2.37. The molecule has 2 saturated heterocycles. The van der Waals surface area contributed by atoms with Crippen molar-refractivity contribution < 1.29 is 14.0 Å². The molecule has 2 heterocycles. The molecule has 1 atom stereocenters. The van der Waals surface area contributed by atoms with Crippen molar-refractivity contribution in [3.8, 4) is 0 Å². The van der Waals surface area contributed by atoms with Crippen molar-refractivity contribution >= 4 is 34.8 Å². The number of rotatable bonds is 3. The Balaban J connectivity index is 1.38. The van der Waals surface area contributed by atoms with Gasteiger partial charge in [-0.05, 0) is 30.3 Å². The van der Waals surface area contributed by atoms with Crippen LogP contribution >= 0.6 is 11.6 Å². The van der Waals surface area contributed by atoms with E-state index in [4.69, 9.17) is 11.6 Å². The highest BCUT2D eigenvalue weighted by Crippen LogP contribution is 2.29. The first-order valence-corrected chi connectivity index (χ1v) is 9.75. The normalized spacial score (nSPS) is 20.0. The zero-order valence-corrected chi connectivity index (χ0v) is 16.1. The molecule has 2 fully saturated rings. The Morgan fingerprint density at radius 1 is 1.04 bits per heavy atom. The molecular formula is C21H21ClFN3O2. The van der Waals surface area contributed by atoms with Crippen LogP contribution in [0.15, 0.2) is 48.5 Å². The van der Waals surface area contributed by atoms with Crippen LogP contribution in [0.2, 0.25) is 5.02 Å². The van der Waals surface area contributed by atoms with Gasteiger partial charge in [-0.2, -0.15) is 0 Å². The summed E-state index contributed by atoms with van der Waals surface area (Å²) < 4.78 is 14.0. The number of hydrogen-bond acceptors (Lipinski definition) is 3. The summed E-state index contributed by atoms with van der Waals surface area (Å²) in [6.45, 7) is 2.84. The summed E-state index contributed by atoms with van der Waals surface area (Å²) in [5.74, 6) is -1.11. The Morgan fingerprint density at radius 3 is 2.50 bits per heavy atom. The van der Waals surface area contributed by atoms with Gasteiger partial charge in [-0.15, -0.1) is 0 Å². The Labute approximate surface area is 168 Å². The van der Waals surface area contributed by atoms with Gasteiger partial charge >= 0.3 is 0 Å². The van der Waals surface area contributed by atoms with Gasteiger partial charge in [-0.25, -0.2) is 4.39 Å². The molecule has 4 rings (SSSR count). The maximum absolute atomic E-state index is 14.0. The summed E-state index contributed by atoms with van der Waals surface area (Å²) in [7, 11) is 0. The Morgan fingerprint density at radius 2 is 1.79 bits per heavy atom. The molecule has 0 bridgehead atoms. The second-order valence-electron chi connectivity index (χ2n) is 7.15. The van der Waals surface area contributed by atoms with Gasteiger partial charge in [0, 0.05) is 49.9 Å². The van der Waals surface area contributed by atoms with Crippen molar-refractivity contribution in [3.05, 3.63) is 59.4 Å². The molecular weight excluding hydrogens is 381 g/mol. The predicted octanol–water partition coefficient (Wildman–Crippen LogP) is 3.18. The minimum atomic E-state index is -0.445. The monoisotopic (exact) mass is 401 g/mol. The van der Waals surface area contributed by atoms with Crippen LogP contribution in [-0.2, 0) is 9.59 Å². The maximum Gasteiger partial charge on any atom is 0.228 e. The molecule has 2 aromatic carbocycles. The van der Waals surface area contributed by atoms with Gasteiger partial charge in [0.1, 0.15) is 5.82 Å². The highest BCUT2D eigenvalue weighted by atomic mass is 35.5. The molecule has 0 saturated carbocycles. The van der Waals surface area contributed by atoms with E-state index in [1.807, 2.05) is 29.2 Å². The second-order valence-corrected chi connectivity index (χ2v) is 7.59. The molecule has 2 aromatic rings. The number of nitrogens with zero attached hydrogens (tertiary/aromatic N) is 3. The van der Waals surface area contributed by atoms with Crippen molar-refractivity contribution in [2.75, 3.05) is 42.5 Å². The molecule has 146 valence electrons. The zero-order valence-electron chi connectivity index (χ0n) is 15.4. The van der Waals surface area contributed by atoms with Crippen LogP contribution in [0.3, 0.4) is 0 Å². The van der Waals surface area contributed by atoms with E-state index in [9.17, 15) is 14.0 Å². The minimum Gasteiger partial charge on any atom is -0.368 e. The fourth-order valence-corrected chi connectivity index (χ4v) is 4.08. The molecule has 2 amide bonds. The largest absolute Gasteiger partial charge is 0.368 e. The Kier molecular flexibility index (Phi) is 5.22. The third-order valence-corrected chi connectivity index (χ3v) is 5.62. The molecule has 0 radical (unpaired) electrons. The third-order valence-electron chi connectivity index (χ3n) is 5.38. The first-order valence-electron chi connectivity index (χ1n) is 9.37. The number of anilines is 2. The van der Waals surface area contributed by atoms with E-state index in [0.717, 1.165) is 5.69 Å². The first-order chi connectivity index (χ1) is 13.5. The lowest BCUT2D eigenvalue weighted by molar-refractivity contribution is -0.136. The molecule has 7 heteroatoms. The van der Waals surface area contributed by atoms with Crippen molar-refractivity contribution in [3.63, 3.8) is 0 Å². The van der Waals surface area contributed by atoms with E-state index in [1.165, 1.54) is 11.0 Å². The van der Waals surface area contributed by atoms with Gasteiger partial charge < -0.3 is 14.7 Å². The van der Waals surface area contributed by atoms with E-state index in [1.54, 1.807) is 18.2 Å². The molecule has 0 aliphatic carbocycles. The lowest BCUT2D eigenvalue weighted by atomic mass is 10.1. The van der Waals surface area contributed by atoms with Crippen molar-refractivity contribution in [1.82, 2.24) is 4.90 Å². The van der Waals surface area contributed by atoms with Crippen molar-refractivity contribution in [1.29, 1.82) is 0 Å². The van der Waals surface area contributed by atoms with Crippen LogP contribution in [0.1, 0.15) is 6.42 Å². The van der Waals surface area contributed by atoms with Crippen LogP contribution in [0.25, 0.3) is 0 Å². The lowest BCUT2D eigenvalue weighted by Crippen LogP contribution is -2.50. The van der Waals surface area contributed by atoms with Gasteiger partial charge in [0.05, 0.1) is 11.6 Å². The standard InChI is InChI=1S/C21H21ClFN3O2/c22-16-4-3-5-17(13-16)24-8-10-25(11-9-24)21(28)15-12-20(27)26(14-15)19-7-2-1-6-18(19)23/h1-7,13,15H,8-12,14H2/t15-/m0/s1. The average molecular weight is 402 g/mol. The van der Waals surface area contributed by atoms with Crippen molar-refractivity contribution in [2.45, 2.75) is 6.42 Å². The number of piperazine rings is 1. The van der Waals surface area contributed by atoms with E-state index in [2.05, 4.69) is 4.90 Å². The zero-order chi connectivity index (χ0) is 19.7. The molecule has 5 nitrogen and oxygen atoms in total. The Hall–Kier alpha value is -2.60. The van der Waals surface area contributed by atoms with Gasteiger partial charge in [-0.1, -0.05) is 29.8 Å². The molecule has 28 heavy (non-hydrogen) atoms. The number of amides is 2. The fourth-order valence-electron chi connectivity index (χ4n) is 3.89. The fraction of sp³-hybridized carbons (Fsp3) is 0.333. The summed E-state index contributed by atoms with van der Waals surface area (Å²) >= 11 is 6.06. The van der Waals surface area contributed by atoms with Gasteiger partial charge in [0.15, 0.2) is 0 Å². The molecule has 2 aliphatic rings. The number of carbonyl (C=O) groups excluding carboxylic acids is 2.